The normalized spacial score (nSPS) is 15.3. The molecule has 0 saturated carbocycles. The summed E-state index contributed by atoms with van der Waals surface area (Å²) >= 11 is 0. The lowest BCUT2D eigenvalue weighted by Crippen LogP contribution is -2.36. The van der Waals surface area contributed by atoms with E-state index in [1.165, 1.54) is 0 Å². The summed E-state index contributed by atoms with van der Waals surface area (Å²) in [5.74, 6) is 0.963. The van der Waals surface area contributed by atoms with Crippen molar-refractivity contribution in [3.8, 4) is 0 Å². The Bertz CT molecular complexity index is 281. The van der Waals surface area contributed by atoms with Crippen molar-refractivity contribution in [2.45, 2.75) is 27.2 Å². The minimum absolute atomic E-state index is 0.789. The van der Waals surface area contributed by atoms with E-state index in [1.54, 1.807) is 0 Å². The number of hydrogen-bond acceptors (Lipinski definition) is 4. The van der Waals surface area contributed by atoms with Crippen LogP contribution in [0.4, 0.5) is 5.82 Å². The summed E-state index contributed by atoms with van der Waals surface area (Å²) in [6, 6.07) is 0. The molecular formula is C12H21N3O. The summed E-state index contributed by atoms with van der Waals surface area (Å²) in [4.78, 5) is 10.9. The molecule has 0 N–H and O–H groups in total. The maximum Gasteiger partial charge on any atom is 0.147 e. The molecule has 0 unspecified atom stereocenters. The molecule has 0 spiro atoms. The second-order valence-corrected chi connectivity index (χ2v) is 3.32. The molecule has 1 aromatic rings. The Kier molecular flexibility index (Phi) is 5.78. The van der Waals surface area contributed by atoms with Gasteiger partial charge in [-0.1, -0.05) is 20.8 Å². The van der Waals surface area contributed by atoms with Gasteiger partial charge in [0.15, 0.2) is 0 Å². The highest BCUT2D eigenvalue weighted by Crippen LogP contribution is 2.10. The summed E-state index contributed by atoms with van der Waals surface area (Å²) in [5.41, 5.74) is 1.04. The molecule has 1 aliphatic heterocycles. The topological polar surface area (TPSA) is 38.2 Å². The van der Waals surface area contributed by atoms with Crippen LogP contribution in [-0.2, 0) is 11.2 Å². The fraction of sp³-hybridized carbons (Fsp3) is 0.667. The van der Waals surface area contributed by atoms with Gasteiger partial charge in [0, 0.05) is 13.1 Å². The van der Waals surface area contributed by atoms with Gasteiger partial charge < -0.3 is 9.64 Å². The van der Waals surface area contributed by atoms with Crippen LogP contribution in [0.3, 0.4) is 0 Å². The van der Waals surface area contributed by atoms with Crippen molar-refractivity contribution >= 4 is 5.82 Å². The van der Waals surface area contributed by atoms with E-state index in [1.807, 2.05) is 26.2 Å². The molecule has 0 aromatic carbocycles. The fourth-order valence-electron chi connectivity index (χ4n) is 1.49. The molecule has 4 heteroatoms. The van der Waals surface area contributed by atoms with Gasteiger partial charge in [0.05, 0.1) is 31.3 Å². The summed E-state index contributed by atoms with van der Waals surface area (Å²) < 4.78 is 5.28. The fourth-order valence-corrected chi connectivity index (χ4v) is 1.49. The minimum atomic E-state index is 0.789. The highest BCUT2D eigenvalue weighted by molar-refractivity contribution is 5.36. The molecule has 0 radical (unpaired) electrons. The first-order valence-electron chi connectivity index (χ1n) is 6.04. The van der Waals surface area contributed by atoms with Crippen molar-refractivity contribution < 1.29 is 4.74 Å². The third-order valence-electron chi connectivity index (χ3n) is 2.39. The smallest absolute Gasteiger partial charge is 0.147 e. The first-order chi connectivity index (χ1) is 7.90. The van der Waals surface area contributed by atoms with Crippen LogP contribution in [0.15, 0.2) is 12.4 Å². The van der Waals surface area contributed by atoms with E-state index >= 15 is 0 Å². The van der Waals surface area contributed by atoms with E-state index in [2.05, 4.69) is 21.8 Å². The molecule has 16 heavy (non-hydrogen) atoms. The third-order valence-corrected chi connectivity index (χ3v) is 2.39. The molecule has 1 fully saturated rings. The number of aromatic nitrogens is 2. The minimum Gasteiger partial charge on any atom is -0.378 e. The molecule has 1 aromatic heterocycles. The van der Waals surface area contributed by atoms with Crippen LogP contribution in [0.1, 0.15) is 26.5 Å². The van der Waals surface area contributed by atoms with E-state index < -0.39 is 0 Å². The lowest BCUT2D eigenvalue weighted by molar-refractivity contribution is 0.122. The van der Waals surface area contributed by atoms with Crippen molar-refractivity contribution in [2.24, 2.45) is 0 Å². The molecule has 4 nitrogen and oxygen atoms in total. The lowest BCUT2D eigenvalue weighted by atomic mass is 10.3. The van der Waals surface area contributed by atoms with E-state index in [9.17, 15) is 0 Å². The summed E-state index contributed by atoms with van der Waals surface area (Å²) in [6.45, 7) is 9.49. The Hall–Kier alpha value is -1.16. The second-order valence-electron chi connectivity index (χ2n) is 3.32. The largest absolute Gasteiger partial charge is 0.378 e. The Morgan fingerprint density at radius 3 is 2.38 bits per heavy atom. The highest BCUT2D eigenvalue weighted by Gasteiger charge is 2.11. The predicted molar refractivity (Wildman–Crippen MR) is 65.8 cm³/mol. The van der Waals surface area contributed by atoms with Crippen molar-refractivity contribution in [2.75, 3.05) is 31.2 Å². The van der Waals surface area contributed by atoms with Gasteiger partial charge in [-0.2, -0.15) is 0 Å². The molecule has 2 heterocycles. The molecule has 2 rings (SSSR count). The Morgan fingerprint density at radius 1 is 1.19 bits per heavy atom. The van der Waals surface area contributed by atoms with Gasteiger partial charge in [-0.05, 0) is 6.42 Å². The number of morpholine rings is 1. The number of aryl methyl sites for hydroxylation is 1. The molecule has 90 valence electrons. The summed E-state index contributed by atoms with van der Waals surface area (Å²) in [5, 5.41) is 0. The average molecular weight is 223 g/mol. The maximum absolute atomic E-state index is 5.28. The van der Waals surface area contributed by atoms with Crippen molar-refractivity contribution in [1.29, 1.82) is 0 Å². The van der Waals surface area contributed by atoms with E-state index in [4.69, 9.17) is 4.74 Å². The van der Waals surface area contributed by atoms with Gasteiger partial charge in [-0.15, -0.1) is 0 Å². The van der Waals surface area contributed by atoms with Gasteiger partial charge in [-0.25, -0.2) is 4.98 Å². The van der Waals surface area contributed by atoms with Crippen molar-refractivity contribution in [3.63, 3.8) is 0 Å². The number of nitrogens with zero attached hydrogens (tertiary/aromatic N) is 3. The maximum atomic E-state index is 5.28. The van der Waals surface area contributed by atoms with Crippen LogP contribution in [0.2, 0.25) is 0 Å². The lowest BCUT2D eigenvalue weighted by Gasteiger charge is -2.27. The molecule has 0 bridgehead atoms. The molecule has 0 atom stereocenters. The molecule has 0 aliphatic carbocycles. The number of rotatable bonds is 2. The monoisotopic (exact) mass is 223 g/mol. The van der Waals surface area contributed by atoms with Gasteiger partial charge in [0.2, 0.25) is 0 Å². The Balaban J connectivity index is 0.000000606. The number of hydrogen-bond donors (Lipinski definition) is 0. The molecule has 1 aliphatic rings. The first-order valence-corrected chi connectivity index (χ1v) is 6.04. The predicted octanol–water partition coefficient (Wildman–Crippen LogP) is 1.90. The van der Waals surface area contributed by atoms with Gasteiger partial charge >= 0.3 is 0 Å². The quantitative estimate of drug-likeness (QED) is 0.767. The summed E-state index contributed by atoms with van der Waals surface area (Å²) in [6.07, 6.45) is 4.64. The first kappa shape index (κ1) is 12.9. The van der Waals surface area contributed by atoms with Crippen LogP contribution in [0.25, 0.3) is 0 Å². The zero-order valence-electron chi connectivity index (χ0n) is 10.4. The van der Waals surface area contributed by atoms with Crippen LogP contribution in [-0.4, -0.2) is 36.3 Å². The zero-order valence-corrected chi connectivity index (χ0v) is 10.4. The molecular weight excluding hydrogens is 202 g/mol. The standard InChI is InChI=1S/C10H15N3O.C2H6/c1-2-9-7-12-10(8-11-9)13-3-5-14-6-4-13;1-2/h7-8H,2-6H2,1H3;1-2H3. The summed E-state index contributed by atoms with van der Waals surface area (Å²) in [7, 11) is 0. The van der Waals surface area contributed by atoms with E-state index in [0.717, 1.165) is 44.2 Å². The van der Waals surface area contributed by atoms with Crippen LogP contribution in [0.5, 0.6) is 0 Å². The SMILES string of the molecule is CC.CCc1cnc(N2CCOCC2)cn1. The van der Waals surface area contributed by atoms with Crippen LogP contribution < -0.4 is 4.90 Å². The van der Waals surface area contributed by atoms with E-state index in [0.29, 0.717) is 0 Å². The van der Waals surface area contributed by atoms with Gasteiger partial charge in [0.1, 0.15) is 5.82 Å². The second kappa shape index (κ2) is 7.17. The Morgan fingerprint density at radius 2 is 1.88 bits per heavy atom. The van der Waals surface area contributed by atoms with Crippen LogP contribution >= 0.6 is 0 Å². The Labute approximate surface area is 97.7 Å². The molecule has 0 amide bonds. The zero-order chi connectivity index (χ0) is 11.8. The van der Waals surface area contributed by atoms with E-state index in [-0.39, 0.29) is 0 Å². The average Bonchev–Trinajstić information content (AvgIpc) is 2.42. The number of anilines is 1. The van der Waals surface area contributed by atoms with Gasteiger partial charge in [-0.3, -0.25) is 4.98 Å². The van der Waals surface area contributed by atoms with Crippen LogP contribution in [0, 0.1) is 0 Å². The third kappa shape index (κ3) is 3.45. The van der Waals surface area contributed by atoms with Crippen molar-refractivity contribution in [3.05, 3.63) is 18.1 Å². The van der Waals surface area contributed by atoms with Crippen molar-refractivity contribution in [1.82, 2.24) is 9.97 Å². The van der Waals surface area contributed by atoms with Gasteiger partial charge in [0.25, 0.3) is 0 Å². The highest BCUT2D eigenvalue weighted by atomic mass is 16.5. The number of ether oxygens (including phenoxy) is 1. The molecule has 1 saturated heterocycles.